The Bertz CT molecular complexity index is 927. The Labute approximate surface area is 159 Å². The zero-order valence-electron chi connectivity index (χ0n) is 15.1. The van der Waals surface area contributed by atoms with Crippen molar-refractivity contribution in [1.82, 2.24) is 5.32 Å². The van der Waals surface area contributed by atoms with E-state index in [-0.39, 0.29) is 18.6 Å². The number of amides is 1. The molecule has 0 radical (unpaired) electrons. The van der Waals surface area contributed by atoms with Gasteiger partial charge in [0, 0.05) is 0 Å². The maximum absolute atomic E-state index is 12.5. The van der Waals surface area contributed by atoms with Gasteiger partial charge < -0.3 is 10.1 Å². The van der Waals surface area contributed by atoms with E-state index in [1.54, 1.807) is 24.3 Å². The second-order valence-corrected chi connectivity index (χ2v) is 6.25. The van der Waals surface area contributed by atoms with E-state index in [2.05, 4.69) is 11.4 Å². The highest BCUT2D eigenvalue weighted by Gasteiger charge is 2.17. The number of aryl methyl sites for hydroxylation is 1. The van der Waals surface area contributed by atoms with Crippen LogP contribution in [0.5, 0.6) is 5.75 Å². The zero-order chi connectivity index (χ0) is 19.1. The third-order valence-corrected chi connectivity index (χ3v) is 4.20. The Morgan fingerprint density at radius 1 is 0.963 bits per heavy atom. The van der Waals surface area contributed by atoms with Crippen molar-refractivity contribution >= 4 is 5.91 Å². The predicted octanol–water partition coefficient (Wildman–Crippen LogP) is 4.15. The van der Waals surface area contributed by atoms with Gasteiger partial charge in [-0.1, -0.05) is 60.2 Å². The molecule has 0 aliphatic heterocycles. The molecule has 3 aromatic rings. The zero-order valence-corrected chi connectivity index (χ0v) is 15.1. The van der Waals surface area contributed by atoms with Crippen LogP contribution < -0.4 is 10.1 Å². The molecule has 1 amide bonds. The van der Waals surface area contributed by atoms with Crippen molar-refractivity contribution < 1.29 is 9.53 Å². The van der Waals surface area contributed by atoms with Gasteiger partial charge in [0.25, 0.3) is 5.91 Å². The van der Waals surface area contributed by atoms with E-state index in [0.717, 1.165) is 11.1 Å². The van der Waals surface area contributed by atoms with Gasteiger partial charge in [0.05, 0.1) is 17.7 Å². The SMILES string of the molecule is Cc1ccc([C@H](NC(=O)COc2ccc(C#N)cc2)c2ccccc2)cc1. The predicted molar refractivity (Wildman–Crippen MR) is 104 cm³/mol. The molecule has 3 aromatic carbocycles. The first-order chi connectivity index (χ1) is 13.2. The highest BCUT2D eigenvalue weighted by atomic mass is 16.5. The molecule has 0 aliphatic carbocycles. The van der Waals surface area contributed by atoms with Crippen LogP contribution in [0.2, 0.25) is 0 Å². The van der Waals surface area contributed by atoms with Crippen LogP contribution in [0.3, 0.4) is 0 Å². The Balaban J connectivity index is 1.70. The summed E-state index contributed by atoms with van der Waals surface area (Å²) in [5, 5.41) is 11.9. The number of ether oxygens (including phenoxy) is 1. The van der Waals surface area contributed by atoms with E-state index in [9.17, 15) is 4.79 Å². The van der Waals surface area contributed by atoms with E-state index in [1.807, 2.05) is 61.5 Å². The highest BCUT2D eigenvalue weighted by Crippen LogP contribution is 2.22. The molecule has 0 saturated heterocycles. The van der Waals surface area contributed by atoms with Crippen LogP contribution in [0.1, 0.15) is 28.3 Å². The number of carbonyl (C=O) groups is 1. The van der Waals surface area contributed by atoms with Crippen LogP contribution in [-0.4, -0.2) is 12.5 Å². The van der Waals surface area contributed by atoms with Crippen molar-refractivity contribution in [2.75, 3.05) is 6.61 Å². The molecule has 3 rings (SSSR count). The summed E-state index contributed by atoms with van der Waals surface area (Å²) in [5.74, 6) is 0.338. The van der Waals surface area contributed by atoms with Crippen molar-refractivity contribution in [1.29, 1.82) is 5.26 Å². The monoisotopic (exact) mass is 356 g/mol. The fourth-order valence-electron chi connectivity index (χ4n) is 2.74. The molecule has 27 heavy (non-hydrogen) atoms. The van der Waals surface area contributed by atoms with Crippen LogP contribution >= 0.6 is 0 Å². The van der Waals surface area contributed by atoms with Gasteiger partial charge in [0.1, 0.15) is 5.75 Å². The summed E-state index contributed by atoms with van der Waals surface area (Å²) in [7, 11) is 0. The molecule has 0 bridgehead atoms. The number of nitrogens with zero attached hydrogens (tertiary/aromatic N) is 1. The first kappa shape index (κ1) is 18.2. The van der Waals surface area contributed by atoms with E-state index in [0.29, 0.717) is 11.3 Å². The van der Waals surface area contributed by atoms with Crippen molar-refractivity contribution in [2.45, 2.75) is 13.0 Å². The largest absolute Gasteiger partial charge is 0.484 e. The average molecular weight is 356 g/mol. The van der Waals surface area contributed by atoms with Gasteiger partial charge in [-0.2, -0.15) is 5.26 Å². The highest BCUT2D eigenvalue weighted by molar-refractivity contribution is 5.78. The minimum absolute atomic E-state index is 0.0961. The lowest BCUT2D eigenvalue weighted by Crippen LogP contribution is -2.33. The lowest BCUT2D eigenvalue weighted by Gasteiger charge is -2.20. The first-order valence-corrected chi connectivity index (χ1v) is 8.69. The summed E-state index contributed by atoms with van der Waals surface area (Å²) in [6.45, 7) is 1.94. The third-order valence-electron chi connectivity index (χ3n) is 4.20. The number of rotatable bonds is 6. The van der Waals surface area contributed by atoms with Gasteiger partial charge in [0.2, 0.25) is 0 Å². The average Bonchev–Trinajstić information content (AvgIpc) is 2.72. The number of hydrogen-bond donors (Lipinski definition) is 1. The normalized spacial score (nSPS) is 11.3. The maximum Gasteiger partial charge on any atom is 0.258 e. The minimum atomic E-state index is -0.246. The lowest BCUT2D eigenvalue weighted by molar-refractivity contribution is -0.123. The second-order valence-electron chi connectivity index (χ2n) is 6.25. The molecule has 1 N–H and O–H groups in total. The minimum Gasteiger partial charge on any atom is -0.484 e. The Hall–Kier alpha value is -3.58. The van der Waals surface area contributed by atoms with Gasteiger partial charge in [-0.25, -0.2) is 0 Å². The summed E-state index contributed by atoms with van der Waals surface area (Å²) in [4.78, 5) is 12.5. The molecule has 134 valence electrons. The van der Waals surface area contributed by atoms with E-state index < -0.39 is 0 Å². The summed E-state index contributed by atoms with van der Waals surface area (Å²) >= 11 is 0. The molecule has 4 nitrogen and oxygen atoms in total. The van der Waals surface area contributed by atoms with Crippen LogP contribution in [0.4, 0.5) is 0 Å². The smallest absolute Gasteiger partial charge is 0.258 e. The fraction of sp³-hybridized carbons (Fsp3) is 0.130. The topological polar surface area (TPSA) is 62.1 Å². The van der Waals surface area contributed by atoms with Gasteiger partial charge in [-0.3, -0.25) is 4.79 Å². The number of hydrogen-bond acceptors (Lipinski definition) is 3. The van der Waals surface area contributed by atoms with Crippen molar-refractivity contribution in [3.63, 3.8) is 0 Å². The molecular weight excluding hydrogens is 336 g/mol. The van der Waals surface area contributed by atoms with Gasteiger partial charge >= 0.3 is 0 Å². The standard InChI is InChI=1S/C23H20N2O2/c1-17-7-11-20(12-8-17)23(19-5-3-2-4-6-19)25-22(26)16-27-21-13-9-18(15-24)10-14-21/h2-14,23H,16H2,1H3,(H,25,26)/t23-/m1/s1. The molecule has 4 heteroatoms. The number of nitriles is 1. The molecule has 0 aliphatic rings. The fourth-order valence-corrected chi connectivity index (χ4v) is 2.74. The van der Waals surface area contributed by atoms with Crippen molar-refractivity contribution in [2.24, 2.45) is 0 Å². The number of carbonyl (C=O) groups excluding carboxylic acids is 1. The van der Waals surface area contributed by atoms with Crippen LogP contribution in [0.25, 0.3) is 0 Å². The van der Waals surface area contributed by atoms with E-state index >= 15 is 0 Å². The van der Waals surface area contributed by atoms with Gasteiger partial charge in [-0.05, 0) is 42.3 Å². The molecule has 0 heterocycles. The molecular formula is C23H20N2O2. The summed E-state index contributed by atoms with van der Waals surface area (Å²) in [6, 6.07) is 26.4. The number of nitrogens with one attached hydrogen (secondary N) is 1. The summed E-state index contributed by atoms with van der Waals surface area (Å²) in [5.41, 5.74) is 3.74. The van der Waals surface area contributed by atoms with Gasteiger partial charge in [-0.15, -0.1) is 0 Å². The van der Waals surface area contributed by atoms with E-state index in [1.165, 1.54) is 5.56 Å². The summed E-state index contributed by atoms with van der Waals surface area (Å²) in [6.07, 6.45) is 0. The molecule has 0 fully saturated rings. The maximum atomic E-state index is 12.5. The van der Waals surface area contributed by atoms with E-state index in [4.69, 9.17) is 10.00 Å². The quantitative estimate of drug-likeness (QED) is 0.722. The van der Waals surface area contributed by atoms with Crippen LogP contribution in [0, 0.1) is 18.3 Å². The van der Waals surface area contributed by atoms with Crippen molar-refractivity contribution in [3.8, 4) is 11.8 Å². The van der Waals surface area contributed by atoms with Gasteiger partial charge in [0.15, 0.2) is 6.61 Å². The number of benzene rings is 3. The lowest BCUT2D eigenvalue weighted by atomic mass is 9.98. The molecule has 0 unspecified atom stereocenters. The molecule has 0 saturated carbocycles. The molecule has 0 aromatic heterocycles. The van der Waals surface area contributed by atoms with Crippen LogP contribution in [0.15, 0.2) is 78.9 Å². The molecule has 1 atom stereocenters. The third kappa shape index (κ3) is 4.96. The first-order valence-electron chi connectivity index (χ1n) is 8.69. The van der Waals surface area contributed by atoms with Crippen LogP contribution in [-0.2, 0) is 4.79 Å². The molecule has 0 spiro atoms. The van der Waals surface area contributed by atoms with Crippen molar-refractivity contribution in [3.05, 3.63) is 101 Å². The second kappa shape index (κ2) is 8.68. The Morgan fingerprint density at radius 2 is 1.59 bits per heavy atom. The Morgan fingerprint density at radius 3 is 2.22 bits per heavy atom. The Kier molecular flexibility index (Phi) is 5.86. The summed E-state index contributed by atoms with van der Waals surface area (Å²) < 4.78 is 5.54.